The van der Waals surface area contributed by atoms with E-state index in [1.807, 2.05) is 0 Å². The van der Waals surface area contributed by atoms with Crippen LogP contribution in [0.5, 0.6) is 5.75 Å². The maximum atomic E-state index is 11.2. The number of anilines is 1. The second-order valence-corrected chi connectivity index (χ2v) is 7.70. The van der Waals surface area contributed by atoms with Crippen molar-refractivity contribution in [1.29, 1.82) is 0 Å². The van der Waals surface area contributed by atoms with E-state index >= 15 is 0 Å². The van der Waals surface area contributed by atoms with Gasteiger partial charge in [-0.2, -0.15) is 0 Å². The minimum atomic E-state index is -0.934. The Kier molecular flexibility index (Phi) is 13.3. The number of halogens is 1. The van der Waals surface area contributed by atoms with Crippen molar-refractivity contribution in [3.05, 3.63) is 71.3 Å². The van der Waals surface area contributed by atoms with Gasteiger partial charge in [0, 0.05) is 16.3 Å². The van der Waals surface area contributed by atoms with Gasteiger partial charge in [0.1, 0.15) is 5.75 Å². The molecule has 2 aromatic carbocycles. The summed E-state index contributed by atoms with van der Waals surface area (Å²) in [6.07, 6.45) is 6.20. The number of benzene rings is 2. The fourth-order valence-electron chi connectivity index (χ4n) is 2.55. The number of rotatable bonds is 12. The topological polar surface area (TPSA) is 98.8 Å². The van der Waals surface area contributed by atoms with Crippen molar-refractivity contribution in [2.75, 3.05) is 18.9 Å². The first kappa shape index (κ1) is 27.0. The van der Waals surface area contributed by atoms with Crippen molar-refractivity contribution in [3.63, 3.8) is 0 Å². The van der Waals surface area contributed by atoms with Gasteiger partial charge in [0.2, 0.25) is 0 Å². The van der Waals surface area contributed by atoms with Gasteiger partial charge in [0.15, 0.2) is 0 Å². The average Bonchev–Trinajstić information content (AvgIpc) is 2.77. The van der Waals surface area contributed by atoms with E-state index in [-0.39, 0.29) is 11.5 Å². The van der Waals surface area contributed by atoms with Crippen LogP contribution in [0.3, 0.4) is 0 Å². The summed E-state index contributed by atoms with van der Waals surface area (Å²) < 4.78 is 10.6. The molecule has 0 bridgehead atoms. The number of hydrogen-bond donors (Lipinski definition) is 2. The molecule has 3 N–H and O–H groups in total. The highest BCUT2D eigenvalue weighted by Crippen LogP contribution is 2.13. The lowest BCUT2D eigenvalue weighted by Crippen LogP contribution is -2.06. The molecule has 0 aliphatic carbocycles. The van der Waals surface area contributed by atoms with Crippen molar-refractivity contribution in [3.8, 4) is 5.75 Å². The van der Waals surface area contributed by atoms with Crippen molar-refractivity contribution >= 4 is 29.2 Å². The molecule has 0 atom stereocenters. The molecule has 0 amide bonds. The number of ether oxygens (including phenoxy) is 2. The monoisotopic (exact) mass is 461 g/mol. The van der Waals surface area contributed by atoms with Gasteiger partial charge in [-0.3, -0.25) is 0 Å². The van der Waals surface area contributed by atoms with Crippen molar-refractivity contribution in [2.45, 2.75) is 45.4 Å². The fourth-order valence-corrected chi connectivity index (χ4v) is 2.67. The van der Waals surface area contributed by atoms with Gasteiger partial charge < -0.3 is 20.3 Å². The van der Waals surface area contributed by atoms with E-state index < -0.39 is 5.97 Å². The summed E-state index contributed by atoms with van der Waals surface area (Å²) in [7, 11) is 0. The molecule has 0 fully saturated rings. The van der Waals surface area contributed by atoms with Gasteiger partial charge in [-0.05, 0) is 68.3 Å². The number of aromatic carboxylic acids is 1. The summed E-state index contributed by atoms with van der Waals surface area (Å²) in [6, 6.07) is 13.5. The van der Waals surface area contributed by atoms with Crippen molar-refractivity contribution < 1.29 is 24.2 Å². The van der Waals surface area contributed by atoms with E-state index in [0.717, 1.165) is 49.2 Å². The van der Waals surface area contributed by atoms with E-state index in [0.29, 0.717) is 24.5 Å². The number of hydrogen-bond acceptors (Lipinski definition) is 5. The molecule has 0 saturated heterocycles. The summed E-state index contributed by atoms with van der Waals surface area (Å²) >= 11 is 5.56. The molecule has 0 aliphatic heterocycles. The number of nitrogen functional groups attached to an aromatic ring is 1. The number of carboxylic acid groups (broad SMARTS) is 1. The Hall–Kier alpha value is -2.99. The molecular weight excluding hydrogens is 430 g/mol. The van der Waals surface area contributed by atoms with Gasteiger partial charge >= 0.3 is 11.9 Å². The molecule has 0 unspecified atom stereocenters. The summed E-state index contributed by atoms with van der Waals surface area (Å²) in [4.78, 5) is 21.9. The molecule has 32 heavy (non-hydrogen) atoms. The number of carbonyl (C=O) groups is 2. The number of esters is 1. The lowest BCUT2D eigenvalue weighted by molar-refractivity contribution is -0.139. The van der Waals surface area contributed by atoms with Gasteiger partial charge in [0.25, 0.3) is 0 Å². The average molecular weight is 462 g/mol. The molecule has 0 saturated carbocycles. The maximum absolute atomic E-state index is 11.2. The Labute approximate surface area is 195 Å². The zero-order valence-electron chi connectivity index (χ0n) is 18.5. The molecule has 7 heteroatoms. The minimum absolute atomic E-state index is 0.260. The van der Waals surface area contributed by atoms with Crippen LogP contribution in [0.2, 0.25) is 5.02 Å². The van der Waals surface area contributed by atoms with Crippen LogP contribution in [0, 0.1) is 0 Å². The minimum Gasteiger partial charge on any atom is -0.494 e. The van der Waals surface area contributed by atoms with Crippen LogP contribution in [-0.4, -0.2) is 30.3 Å². The van der Waals surface area contributed by atoms with E-state index in [2.05, 4.69) is 6.58 Å². The lowest BCUT2D eigenvalue weighted by Gasteiger charge is -2.07. The van der Waals surface area contributed by atoms with Gasteiger partial charge in [-0.25, -0.2) is 9.59 Å². The Morgan fingerprint density at radius 2 is 1.44 bits per heavy atom. The summed E-state index contributed by atoms with van der Waals surface area (Å²) in [5.41, 5.74) is 6.81. The summed E-state index contributed by atoms with van der Waals surface area (Å²) in [5, 5.41) is 9.53. The summed E-state index contributed by atoms with van der Waals surface area (Å²) in [5.74, 6) is -0.557. The van der Waals surface area contributed by atoms with E-state index in [9.17, 15) is 9.59 Å². The highest BCUT2D eigenvalue weighted by molar-refractivity contribution is 6.30. The largest absolute Gasteiger partial charge is 0.494 e. The predicted molar refractivity (Wildman–Crippen MR) is 128 cm³/mol. The van der Waals surface area contributed by atoms with Crippen molar-refractivity contribution in [2.24, 2.45) is 0 Å². The van der Waals surface area contributed by atoms with E-state index in [1.54, 1.807) is 55.5 Å². The van der Waals surface area contributed by atoms with Crippen LogP contribution >= 0.6 is 11.6 Å². The molecule has 0 radical (unpaired) electrons. The van der Waals surface area contributed by atoms with Crippen molar-refractivity contribution in [1.82, 2.24) is 0 Å². The Balaban J connectivity index is 0.000000533. The molecule has 6 nitrogen and oxygen atoms in total. The number of nitrogens with two attached hydrogens (primary N) is 1. The predicted octanol–water partition coefficient (Wildman–Crippen LogP) is 6.15. The lowest BCUT2D eigenvalue weighted by atomic mass is 10.1. The second-order valence-electron chi connectivity index (χ2n) is 7.27. The Morgan fingerprint density at radius 1 is 0.906 bits per heavy atom. The number of carbonyl (C=O) groups excluding carboxylic acids is 1. The van der Waals surface area contributed by atoms with Crippen LogP contribution in [0.1, 0.15) is 55.8 Å². The number of carboxylic acids is 1. The molecular formula is C25H32ClNO5. The van der Waals surface area contributed by atoms with Gasteiger partial charge in [0.05, 0.1) is 18.8 Å². The number of unbranched alkanes of at least 4 members (excludes halogenated alkanes) is 5. The highest BCUT2D eigenvalue weighted by Gasteiger charge is 2.03. The Bertz CT molecular complexity index is 813. The maximum Gasteiger partial charge on any atom is 0.335 e. The van der Waals surface area contributed by atoms with Crippen LogP contribution in [0.4, 0.5) is 5.69 Å². The highest BCUT2D eigenvalue weighted by atomic mass is 35.5. The standard InChI is InChI=1S/C19H26O5.C6H6ClN/c1-15(2)19(22)24-14-8-6-4-3-5-7-13-23-17-11-9-16(10-12-17)18(20)21;7-5-1-3-6(8)4-2-5/h9-12H,1,3-8,13-14H2,2H3,(H,20,21);1-4H,8H2. The van der Waals surface area contributed by atoms with Gasteiger partial charge in [-0.1, -0.05) is 43.9 Å². The zero-order chi connectivity index (χ0) is 23.8. The van der Waals surface area contributed by atoms with Crippen LogP contribution < -0.4 is 10.5 Å². The molecule has 2 rings (SSSR count). The second kappa shape index (κ2) is 15.8. The third-order valence-electron chi connectivity index (χ3n) is 4.36. The first-order chi connectivity index (χ1) is 15.3. The smallest absolute Gasteiger partial charge is 0.335 e. The van der Waals surface area contributed by atoms with E-state index in [1.165, 1.54) is 0 Å². The van der Waals surface area contributed by atoms with Gasteiger partial charge in [-0.15, -0.1) is 0 Å². The quantitative estimate of drug-likeness (QED) is 0.170. The zero-order valence-corrected chi connectivity index (χ0v) is 19.3. The molecule has 0 aliphatic rings. The third-order valence-corrected chi connectivity index (χ3v) is 4.61. The SMILES string of the molecule is C=C(C)C(=O)OCCCCCCCCOc1ccc(C(=O)O)cc1.Nc1ccc(Cl)cc1. The van der Waals surface area contributed by atoms with Crippen LogP contribution in [0.15, 0.2) is 60.7 Å². The molecule has 0 spiro atoms. The molecule has 2 aromatic rings. The van der Waals surface area contributed by atoms with E-state index in [4.69, 9.17) is 31.9 Å². The normalized spacial score (nSPS) is 9.94. The molecule has 174 valence electrons. The molecule has 0 heterocycles. The van der Waals surface area contributed by atoms with Crippen LogP contribution in [-0.2, 0) is 9.53 Å². The van der Waals surface area contributed by atoms with Crippen LogP contribution in [0.25, 0.3) is 0 Å². The molecule has 0 aromatic heterocycles. The summed E-state index contributed by atoms with van der Waals surface area (Å²) in [6.45, 7) is 6.26. The fraction of sp³-hybridized carbons (Fsp3) is 0.360. The first-order valence-electron chi connectivity index (χ1n) is 10.6. The Morgan fingerprint density at radius 3 is 1.94 bits per heavy atom. The first-order valence-corrected chi connectivity index (χ1v) is 11.0. The third kappa shape index (κ3) is 12.6.